The van der Waals surface area contributed by atoms with Crippen LogP contribution in [0.15, 0.2) is 66.7 Å². The van der Waals surface area contributed by atoms with E-state index < -0.39 is 23.8 Å². The Hall–Kier alpha value is -4.38. The minimum atomic E-state index is -4.50. The van der Waals surface area contributed by atoms with Gasteiger partial charge in [0.05, 0.1) is 29.7 Å². The Balaban J connectivity index is 1.07. The van der Waals surface area contributed by atoms with Crippen LogP contribution in [0.4, 0.5) is 18.9 Å². The second-order valence-corrected chi connectivity index (χ2v) is 11.6. The van der Waals surface area contributed by atoms with E-state index in [1.165, 1.54) is 17.2 Å². The van der Waals surface area contributed by atoms with Gasteiger partial charge in [-0.3, -0.25) is 14.4 Å². The monoisotopic (exact) mass is 607 g/mol. The minimum absolute atomic E-state index is 0.0446. The number of nitrogens with zero attached hydrogens (tertiary/aromatic N) is 1. The third-order valence-electron chi connectivity index (χ3n) is 8.57. The number of ether oxygens (including phenoxy) is 2. The number of halogens is 3. The molecular formula is C33H32F3N3O5. The summed E-state index contributed by atoms with van der Waals surface area (Å²) in [4.78, 5) is 40.7. The van der Waals surface area contributed by atoms with Gasteiger partial charge in [0, 0.05) is 24.3 Å². The van der Waals surface area contributed by atoms with Crippen molar-refractivity contribution in [1.29, 1.82) is 0 Å². The van der Waals surface area contributed by atoms with Crippen LogP contribution in [-0.4, -0.2) is 60.6 Å². The molecule has 2 N–H and O–H groups in total. The number of alkyl halides is 3. The van der Waals surface area contributed by atoms with Crippen molar-refractivity contribution in [3.05, 3.63) is 94.5 Å². The predicted octanol–water partition coefficient (Wildman–Crippen LogP) is 5.01. The first-order chi connectivity index (χ1) is 21.0. The van der Waals surface area contributed by atoms with Crippen molar-refractivity contribution >= 4 is 23.4 Å². The number of carbonyl (C=O) groups excluding carboxylic acids is 3. The van der Waals surface area contributed by atoms with Crippen molar-refractivity contribution in [2.24, 2.45) is 0 Å². The fourth-order valence-corrected chi connectivity index (χ4v) is 6.27. The third kappa shape index (κ3) is 6.28. The van der Waals surface area contributed by atoms with E-state index in [9.17, 15) is 27.6 Å². The second kappa shape index (κ2) is 12.0. The zero-order valence-corrected chi connectivity index (χ0v) is 24.0. The first kappa shape index (κ1) is 29.7. The van der Waals surface area contributed by atoms with Crippen LogP contribution in [-0.2, 0) is 28.5 Å². The van der Waals surface area contributed by atoms with Crippen LogP contribution in [0.1, 0.15) is 56.7 Å². The van der Waals surface area contributed by atoms with Crippen molar-refractivity contribution in [2.75, 3.05) is 19.0 Å². The molecule has 0 saturated carbocycles. The first-order valence-electron chi connectivity index (χ1n) is 14.6. The highest BCUT2D eigenvalue weighted by molar-refractivity contribution is 6.05. The molecule has 0 spiro atoms. The molecule has 11 heteroatoms. The van der Waals surface area contributed by atoms with Crippen molar-refractivity contribution in [3.63, 3.8) is 0 Å². The lowest BCUT2D eigenvalue weighted by molar-refractivity contribution is -0.137. The lowest BCUT2D eigenvalue weighted by Gasteiger charge is -2.42. The molecule has 8 nitrogen and oxygen atoms in total. The molecule has 2 aliphatic heterocycles. The van der Waals surface area contributed by atoms with Crippen LogP contribution in [0.25, 0.3) is 0 Å². The molecule has 3 aliphatic rings. The molecular weight excluding hydrogens is 575 g/mol. The van der Waals surface area contributed by atoms with E-state index in [0.717, 1.165) is 37.1 Å². The third-order valence-corrected chi connectivity index (χ3v) is 8.57. The van der Waals surface area contributed by atoms with E-state index in [1.807, 2.05) is 12.1 Å². The lowest BCUT2D eigenvalue weighted by atomic mass is 9.94. The van der Waals surface area contributed by atoms with Gasteiger partial charge in [-0.2, -0.15) is 13.2 Å². The lowest BCUT2D eigenvalue weighted by Crippen LogP contribution is -2.54. The van der Waals surface area contributed by atoms with Gasteiger partial charge in [-0.25, -0.2) is 0 Å². The molecule has 0 aromatic heterocycles. The van der Waals surface area contributed by atoms with Crippen LogP contribution >= 0.6 is 0 Å². The summed E-state index contributed by atoms with van der Waals surface area (Å²) in [6.45, 7) is 0.169. The van der Waals surface area contributed by atoms with Crippen molar-refractivity contribution in [1.82, 2.24) is 10.2 Å². The fraction of sp³-hybridized carbons (Fsp3) is 0.364. The number of hydrogen-bond acceptors (Lipinski definition) is 5. The van der Waals surface area contributed by atoms with Gasteiger partial charge in [0.15, 0.2) is 0 Å². The highest BCUT2D eigenvalue weighted by Crippen LogP contribution is 2.33. The number of carbonyl (C=O) groups is 3. The molecule has 1 aliphatic carbocycles. The van der Waals surface area contributed by atoms with Crippen LogP contribution < -0.4 is 15.4 Å². The van der Waals surface area contributed by atoms with Crippen LogP contribution in [0.5, 0.6) is 5.75 Å². The average Bonchev–Trinajstić information content (AvgIpc) is 3.41. The fourth-order valence-electron chi connectivity index (χ4n) is 6.27. The van der Waals surface area contributed by atoms with Crippen LogP contribution in [0.2, 0.25) is 0 Å². The van der Waals surface area contributed by atoms with Crippen molar-refractivity contribution in [2.45, 2.75) is 62.6 Å². The molecule has 0 radical (unpaired) electrons. The summed E-state index contributed by atoms with van der Waals surface area (Å²) in [7, 11) is 1.69. The number of likely N-dealkylation sites (N-methyl/N-ethyl adjacent to an activating group) is 1. The Kier molecular flexibility index (Phi) is 8.06. The number of nitrogens with one attached hydrogen (secondary N) is 2. The molecule has 3 aromatic rings. The number of amides is 3. The molecule has 1 fully saturated rings. The molecule has 3 aromatic carbocycles. The van der Waals surface area contributed by atoms with E-state index >= 15 is 0 Å². The summed E-state index contributed by atoms with van der Waals surface area (Å²) < 4.78 is 50.9. The zero-order chi connectivity index (χ0) is 31.0. The van der Waals surface area contributed by atoms with Gasteiger partial charge in [0.1, 0.15) is 18.5 Å². The quantitative estimate of drug-likeness (QED) is 0.425. The second-order valence-electron chi connectivity index (χ2n) is 11.6. The highest BCUT2D eigenvalue weighted by Gasteiger charge is 2.39. The molecule has 44 heavy (non-hydrogen) atoms. The molecule has 3 amide bonds. The average molecular weight is 608 g/mol. The number of benzene rings is 3. The van der Waals surface area contributed by atoms with Crippen LogP contribution in [0.3, 0.4) is 0 Å². The highest BCUT2D eigenvalue weighted by atomic mass is 19.4. The Morgan fingerprint density at radius 1 is 0.977 bits per heavy atom. The molecule has 0 bridgehead atoms. The SMILES string of the molecule is CN1C(=O)c2cc(NC(=O)c3ccc(C(F)(F)F)cc3)ccc2OC[C@@H]2O[C@H](CC(=O)NC3Cc4ccccc4C3)CC[C@@H]21. The van der Waals surface area contributed by atoms with Crippen molar-refractivity contribution in [3.8, 4) is 5.75 Å². The summed E-state index contributed by atoms with van der Waals surface area (Å²) in [5, 5.41) is 5.78. The maximum Gasteiger partial charge on any atom is 0.416 e. The number of fused-ring (bicyclic) bond motifs is 3. The van der Waals surface area contributed by atoms with E-state index in [1.54, 1.807) is 24.1 Å². The summed E-state index contributed by atoms with van der Waals surface area (Å²) >= 11 is 0. The van der Waals surface area contributed by atoms with E-state index in [4.69, 9.17) is 9.47 Å². The predicted molar refractivity (Wildman–Crippen MR) is 156 cm³/mol. The molecule has 2 heterocycles. The van der Waals surface area contributed by atoms with E-state index in [-0.39, 0.29) is 54.2 Å². The standard InChI is InChI=1S/C33H32F3N3O5/c1-39-27-12-11-25(17-30(40)37-24-14-20-4-2-3-5-21(20)15-24)44-29(27)18-43-28-13-10-23(16-26(28)32(39)42)38-31(41)19-6-8-22(9-7-19)33(34,35)36/h2-10,13,16,24-25,27,29H,11-12,14-15,17-18H2,1H3,(H,37,40)(H,38,41)/t25-,27-,29-/m0/s1. The largest absolute Gasteiger partial charge is 0.490 e. The smallest absolute Gasteiger partial charge is 0.416 e. The Morgan fingerprint density at radius 3 is 2.36 bits per heavy atom. The molecule has 0 unspecified atom stereocenters. The Bertz CT molecular complexity index is 1550. The first-order valence-corrected chi connectivity index (χ1v) is 14.6. The number of hydrogen-bond donors (Lipinski definition) is 2. The van der Waals surface area contributed by atoms with Gasteiger partial charge in [-0.05, 0) is 79.3 Å². The number of anilines is 1. The zero-order valence-electron chi connectivity index (χ0n) is 24.0. The Labute approximate surface area is 252 Å². The summed E-state index contributed by atoms with van der Waals surface area (Å²) in [6, 6.07) is 16.5. The molecule has 230 valence electrons. The van der Waals surface area contributed by atoms with Gasteiger partial charge in [-0.1, -0.05) is 24.3 Å². The van der Waals surface area contributed by atoms with E-state index in [0.29, 0.717) is 24.3 Å². The topological polar surface area (TPSA) is 97.0 Å². The van der Waals surface area contributed by atoms with Gasteiger partial charge < -0.3 is 25.0 Å². The van der Waals surface area contributed by atoms with Gasteiger partial charge in [-0.15, -0.1) is 0 Å². The summed E-state index contributed by atoms with van der Waals surface area (Å²) in [6.07, 6.45) is -2.13. The molecule has 1 saturated heterocycles. The molecule has 3 atom stereocenters. The summed E-state index contributed by atoms with van der Waals surface area (Å²) in [5.74, 6) is -0.670. The molecule has 6 rings (SSSR count). The van der Waals surface area contributed by atoms with E-state index in [2.05, 4.69) is 22.8 Å². The normalized spacial score (nSPS) is 21.7. The maximum atomic E-state index is 13.5. The summed E-state index contributed by atoms with van der Waals surface area (Å²) in [5.41, 5.74) is 2.27. The van der Waals surface area contributed by atoms with Gasteiger partial charge in [0.2, 0.25) is 5.91 Å². The Morgan fingerprint density at radius 2 is 1.68 bits per heavy atom. The number of rotatable bonds is 5. The van der Waals surface area contributed by atoms with Crippen LogP contribution in [0, 0.1) is 0 Å². The minimum Gasteiger partial charge on any atom is -0.490 e. The van der Waals surface area contributed by atoms with Gasteiger partial charge in [0.25, 0.3) is 11.8 Å². The maximum absolute atomic E-state index is 13.5. The van der Waals surface area contributed by atoms with Crippen molar-refractivity contribution < 1.29 is 37.0 Å². The van der Waals surface area contributed by atoms with Gasteiger partial charge >= 0.3 is 6.18 Å².